The van der Waals surface area contributed by atoms with E-state index in [0.717, 1.165) is 0 Å². The number of rotatable bonds is 6. The van der Waals surface area contributed by atoms with Crippen molar-refractivity contribution in [2.24, 2.45) is 5.92 Å². The van der Waals surface area contributed by atoms with E-state index in [0.29, 0.717) is 18.4 Å². The molecule has 1 atom stereocenters. The number of hydrogen-bond donors (Lipinski definition) is 1. The summed E-state index contributed by atoms with van der Waals surface area (Å²) in [4.78, 5) is 24.1. The molecule has 98 valence electrons. The molecule has 0 aliphatic rings. The number of carbonyl (C=O) groups excluding carboxylic acids is 1. The van der Waals surface area contributed by atoms with Crippen LogP contribution in [0.25, 0.3) is 0 Å². The quantitative estimate of drug-likeness (QED) is 0.785. The number of carbonyl (C=O) groups is 2. The van der Waals surface area contributed by atoms with Crippen molar-refractivity contribution >= 4 is 12.4 Å². The first-order valence-corrected chi connectivity index (χ1v) is 5.92. The number of aliphatic carboxylic acids is 1. The smallest absolute Gasteiger partial charge is 0.334 e. The minimum Gasteiger partial charge on any atom is -0.479 e. The van der Waals surface area contributed by atoms with Gasteiger partial charge in [-0.1, -0.05) is 44.2 Å². The van der Waals surface area contributed by atoms with Crippen molar-refractivity contribution in [3.05, 3.63) is 35.9 Å². The Hall–Kier alpha value is -1.84. The van der Waals surface area contributed by atoms with Gasteiger partial charge in [-0.05, 0) is 17.9 Å². The first-order chi connectivity index (χ1) is 8.45. The highest BCUT2D eigenvalue weighted by atomic mass is 16.4. The van der Waals surface area contributed by atoms with E-state index >= 15 is 0 Å². The highest BCUT2D eigenvalue weighted by Gasteiger charge is 2.44. The van der Waals surface area contributed by atoms with Crippen molar-refractivity contribution in [1.29, 1.82) is 0 Å². The third kappa shape index (κ3) is 2.53. The molecule has 1 amide bonds. The fourth-order valence-corrected chi connectivity index (χ4v) is 2.22. The summed E-state index contributed by atoms with van der Waals surface area (Å²) in [7, 11) is 1.51. The van der Waals surface area contributed by atoms with Crippen LogP contribution in [0.5, 0.6) is 0 Å². The molecule has 0 aliphatic carbocycles. The van der Waals surface area contributed by atoms with Crippen LogP contribution >= 0.6 is 0 Å². The number of carboxylic acid groups (broad SMARTS) is 1. The van der Waals surface area contributed by atoms with Crippen LogP contribution in [-0.4, -0.2) is 29.4 Å². The molecule has 0 spiro atoms. The number of amides is 1. The van der Waals surface area contributed by atoms with E-state index in [4.69, 9.17) is 0 Å². The van der Waals surface area contributed by atoms with Gasteiger partial charge in [-0.3, -0.25) is 4.79 Å². The standard InChI is InChI=1S/C14H19NO3/c1-11(2)9-14(13(17)18,15(3)10-16)12-7-5-4-6-8-12/h4-8,10-11H,9H2,1-3H3,(H,17,18). The van der Waals surface area contributed by atoms with Crippen LogP contribution in [0.1, 0.15) is 25.8 Å². The maximum atomic E-state index is 11.8. The van der Waals surface area contributed by atoms with Gasteiger partial charge in [0.2, 0.25) is 6.41 Å². The van der Waals surface area contributed by atoms with Gasteiger partial charge in [-0.15, -0.1) is 0 Å². The van der Waals surface area contributed by atoms with Crippen molar-refractivity contribution < 1.29 is 14.7 Å². The van der Waals surface area contributed by atoms with Gasteiger partial charge in [0.25, 0.3) is 0 Å². The molecule has 0 aromatic heterocycles. The average Bonchev–Trinajstić information content (AvgIpc) is 2.35. The predicted octanol–water partition coefficient (Wildman–Crippen LogP) is 2.10. The Morgan fingerprint density at radius 2 is 1.94 bits per heavy atom. The summed E-state index contributed by atoms with van der Waals surface area (Å²) < 4.78 is 0. The second kappa shape index (κ2) is 5.67. The highest BCUT2D eigenvalue weighted by molar-refractivity contribution is 5.83. The topological polar surface area (TPSA) is 57.6 Å². The van der Waals surface area contributed by atoms with Crippen LogP contribution in [-0.2, 0) is 15.1 Å². The van der Waals surface area contributed by atoms with E-state index in [1.165, 1.54) is 11.9 Å². The molecule has 1 unspecified atom stereocenters. The molecule has 18 heavy (non-hydrogen) atoms. The molecule has 1 N–H and O–H groups in total. The number of carboxylic acids is 1. The Balaban J connectivity index is 3.38. The largest absolute Gasteiger partial charge is 0.479 e. The fraction of sp³-hybridized carbons (Fsp3) is 0.429. The van der Waals surface area contributed by atoms with Crippen molar-refractivity contribution in [2.45, 2.75) is 25.8 Å². The monoisotopic (exact) mass is 249 g/mol. The summed E-state index contributed by atoms with van der Waals surface area (Å²) in [5, 5.41) is 9.63. The average molecular weight is 249 g/mol. The molecule has 0 aliphatic heterocycles. The normalized spacial score (nSPS) is 14.0. The predicted molar refractivity (Wildman–Crippen MR) is 69.0 cm³/mol. The molecule has 0 saturated carbocycles. The second-order valence-corrected chi connectivity index (χ2v) is 4.85. The summed E-state index contributed by atoms with van der Waals surface area (Å²) >= 11 is 0. The van der Waals surface area contributed by atoms with Crippen molar-refractivity contribution in [3.63, 3.8) is 0 Å². The van der Waals surface area contributed by atoms with E-state index in [9.17, 15) is 14.7 Å². The molecule has 0 bridgehead atoms. The van der Waals surface area contributed by atoms with Crippen LogP contribution < -0.4 is 0 Å². The Kier molecular flexibility index (Phi) is 4.48. The molecule has 0 saturated heterocycles. The van der Waals surface area contributed by atoms with Gasteiger partial charge in [-0.2, -0.15) is 0 Å². The maximum Gasteiger partial charge on any atom is 0.334 e. The van der Waals surface area contributed by atoms with E-state index in [1.807, 2.05) is 19.9 Å². The molecule has 1 aromatic carbocycles. The Morgan fingerprint density at radius 3 is 2.33 bits per heavy atom. The Bertz CT molecular complexity index is 416. The first-order valence-electron chi connectivity index (χ1n) is 5.92. The second-order valence-electron chi connectivity index (χ2n) is 4.85. The summed E-state index contributed by atoms with van der Waals surface area (Å²) in [6, 6.07) is 8.89. The van der Waals surface area contributed by atoms with Gasteiger partial charge in [0.05, 0.1) is 0 Å². The van der Waals surface area contributed by atoms with Crippen LogP contribution in [0.4, 0.5) is 0 Å². The number of benzene rings is 1. The molecule has 1 rings (SSSR count). The van der Waals surface area contributed by atoms with Crippen molar-refractivity contribution in [2.75, 3.05) is 7.05 Å². The van der Waals surface area contributed by atoms with Gasteiger partial charge in [-0.25, -0.2) is 4.79 Å². The van der Waals surface area contributed by atoms with Gasteiger partial charge < -0.3 is 10.0 Å². The highest BCUT2D eigenvalue weighted by Crippen LogP contribution is 2.33. The van der Waals surface area contributed by atoms with E-state index in [1.54, 1.807) is 24.3 Å². The lowest BCUT2D eigenvalue weighted by molar-refractivity contribution is -0.156. The summed E-state index contributed by atoms with van der Waals surface area (Å²) in [6.07, 6.45) is 0.949. The maximum absolute atomic E-state index is 11.8. The van der Waals surface area contributed by atoms with Gasteiger partial charge in [0.1, 0.15) is 0 Å². The van der Waals surface area contributed by atoms with Gasteiger partial charge in [0.15, 0.2) is 5.54 Å². The van der Waals surface area contributed by atoms with Gasteiger partial charge >= 0.3 is 5.97 Å². The number of likely N-dealkylation sites (N-methyl/N-ethyl adjacent to an activating group) is 1. The molecule has 4 nitrogen and oxygen atoms in total. The first kappa shape index (κ1) is 14.2. The molecule has 1 aromatic rings. The molecule has 0 heterocycles. The minimum absolute atomic E-state index is 0.156. The fourth-order valence-electron chi connectivity index (χ4n) is 2.22. The molecule has 0 fully saturated rings. The van der Waals surface area contributed by atoms with Gasteiger partial charge in [0, 0.05) is 7.05 Å². The van der Waals surface area contributed by atoms with Crippen LogP contribution in [0.15, 0.2) is 30.3 Å². The number of nitrogens with zero attached hydrogens (tertiary/aromatic N) is 1. The zero-order chi connectivity index (χ0) is 13.8. The SMILES string of the molecule is CC(C)CC(C(=O)O)(c1ccccc1)N(C)C=O. The van der Waals surface area contributed by atoms with E-state index in [-0.39, 0.29) is 5.92 Å². The van der Waals surface area contributed by atoms with Crippen LogP contribution in [0, 0.1) is 5.92 Å². The molecular weight excluding hydrogens is 230 g/mol. The summed E-state index contributed by atoms with van der Waals surface area (Å²) in [5.41, 5.74) is -0.669. The van der Waals surface area contributed by atoms with E-state index in [2.05, 4.69) is 0 Å². The lowest BCUT2D eigenvalue weighted by Crippen LogP contribution is -2.50. The van der Waals surface area contributed by atoms with Crippen LogP contribution in [0.3, 0.4) is 0 Å². The Labute approximate surface area is 107 Å². The van der Waals surface area contributed by atoms with Crippen molar-refractivity contribution in [3.8, 4) is 0 Å². The van der Waals surface area contributed by atoms with Crippen molar-refractivity contribution in [1.82, 2.24) is 4.90 Å². The zero-order valence-corrected chi connectivity index (χ0v) is 11.0. The molecule has 0 radical (unpaired) electrons. The molecule has 4 heteroatoms. The third-order valence-corrected chi connectivity index (χ3v) is 3.07. The van der Waals surface area contributed by atoms with E-state index < -0.39 is 11.5 Å². The number of hydrogen-bond acceptors (Lipinski definition) is 2. The third-order valence-electron chi connectivity index (χ3n) is 3.07. The molecular formula is C14H19NO3. The Morgan fingerprint density at radius 1 is 1.39 bits per heavy atom. The van der Waals surface area contributed by atoms with Crippen LogP contribution in [0.2, 0.25) is 0 Å². The lowest BCUT2D eigenvalue weighted by Gasteiger charge is -2.37. The summed E-state index contributed by atoms with van der Waals surface area (Å²) in [6.45, 7) is 3.89. The zero-order valence-electron chi connectivity index (χ0n) is 11.0. The summed E-state index contributed by atoms with van der Waals surface area (Å²) in [5.74, 6) is -0.847. The minimum atomic E-state index is -1.29. The lowest BCUT2D eigenvalue weighted by atomic mass is 9.81.